The molecule has 3 rings (SSSR count). The van der Waals surface area contributed by atoms with Gasteiger partial charge in [-0.05, 0) is 54.8 Å². The molecule has 3 aromatic rings. The molecule has 0 aliphatic rings. The van der Waals surface area contributed by atoms with E-state index in [9.17, 15) is 13.2 Å². The second-order valence-corrected chi connectivity index (χ2v) is 8.82. The number of rotatable bonds is 7. The number of hydrogen-bond donors (Lipinski definition) is 1. The van der Waals surface area contributed by atoms with Gasteiger partial charge in [0.15, 0.2) is 15.6 Å². The molecule has 0 radical (unpaired) electrons. The molecule has 28 heavy (non-hydrogen) atoms. The number of hydrogen-bond acceptors (Lipinski definition) is 4. The van der Waals surface area contributed by atoms with Crippen LogP contribution in [-0.2, 0) is 22.0 Å². The fraction of sp³-hybridized carbons (Fsp3) is 0.190. The van der Waals surface area contributed by atoms with E-state index in [2.05, 4.69) is 5.32 Å². The fourth-order valence-corrected chi connectivity index (χ4v) is 4.46. The molecular formula is C21H20ClNO4S. The van der Waals surface area contributed by atoms with Gasteiger partial charge < -0.3 is 9.73 Å². The lowest BCUT2D eigenvalue weighted by Gasteiger charge is -2.06. The number of carbonyl (C=O) groups excluding carboxylic acids is 1. The van der Waals surface area contributed by atoms with Gasteiger partial charge in [-0.2, -0.15) is 0 Å². The van der Waals surface area contributed by atoms with Crippen LogP contribution in [0, 0.1) is 6.92 Å². The average Bonchev–Trinajstić information content (AvgIpc) is 3.11. The maximum atomic E-state index is 12.6. The summed E-state index contributed by atoms with van der Waals surface area (Å²) in [5.74, 6) is -0.360. The molecule has 0 atom stereocenters. The van der Waals surface area contributed by atoms with Crippen LogP contribution in [0.2, 0.25) is 5.02 Å². The van der Waals surface area contributed by atoms with Gasteiger partial charge in [0.1, 0.15) is 11.5 Å². The number of aryl methyl sites for hydroxylation is 1. The molecule has 0 saturated carbocycles. The summed E-state index contributed by atoms with van der Waals surface area (Å²) in [6.07, 6.45) is 0.651. The van der Waals surface area contributed by atoms with Crippen LogP contribution in [0.1, 0.15) is 27.4 Å². The predicted octanol–water partition coefficient (Wildman–Crippen LogP) is 4.19. The summed E-state index contributed by atoms with van der Waals surface area (Å²) >= 11 is 5.85. The third kappa shape index (κ3) is 5.03. The van der Waals surface area contributed by atoms with Crippen molar-refractivity contribution in [3.8, 4) is 0 Å². The lowest BCUT2D eigenvalue weighted by molar-refractivity contribution is 0.0925. The molecule has 146 valence electrons. The Balaban J connectivity index is 1.59. The highest BCUT2D eigenvalue weighted by Gasteiger charge is 2.20. The second-order valence-electron chi connectivity index (χ2n) is 6.42. The van der Waals surface area contributed by atoms with Crippen molar-refractivity contribution in [3.63, 3.8) is 0 Å². The van der Waals surface area contributed by atoms with Crippen LogP contribution in [0.25, 0.3) is 0 Å². The van der Waals surface area contributed by atoms with Crippen molar-refractivity contribution in [1.82, 2.24) is 5.32 Å². The number of sulfone groups is 1. The number of amides is 1. The second kappa shape index (κ2) is 8.63. The quantitative estimate of drug-likeness (QED) is 0.625. The number of furan rings is 1. The van der Waals surface area contributed by atoms with Gasteiger partial charge in [-0.3, -0.25) is 4.79 Å². The first kappa shape index (κ1) is 20.2. The molecule has 1 heterocycles. The van der Waals surface area contributed by atoms with Crippen molar-refractivity contribution < 1.29 is 17.6 Å². The zero-order chi connectivity index (χ0) is 20.1. The first-order valence-electron chi connectivity index (χ1n) is 8.75. The van der Waals surface area contributed by atoms with Crippen LogP contribution < -0.4 is 5.32 Å². The smallest absolute Gasteiger partial charge is 0.287 e. The SMILES string of the molecule is Cc1ccccc1S(=O)(=O)Cc1ccc(C(=O)NCCc2ccc(Cl)cc2)o1. The van der Waals surface area contributed by atoms with Crippen LogP contribution in [0.4, 0.5) is 0 Å². The lowest BCUT2D eigenvalue weighted by Crippen LogP contribution is -2.25. The van der Waals surface area contributed by atoms with Gasteiger partial charge in [-0.15, -0.1) is 0 Å². The van der Waals surface area contributed by atoms with Gasteiger partial charge in [0, 0.05) is 11.6 Å². The van der Waals surface area contributed by atoms with Gasteiger partial charge in [0.05, 0.1) is 4.90 Å². The first-order valence-corrected chi connectivity index (χ1v) is 10.8. The van der Waals surface area contributed by atoms with E-state index in [1.807, 2.05) is 12.1 Å². The van der Waals surface area contributed by atoms with E-state index in [4.69, 9.17) is 16.0 Å². The highest BCUT2D eigenvalue weighted by molar-refractivity contribution is 7.90. The van der Waals surface area contributed by atoms with Gasteiger partial charge in [-0.1, -0.05) is 41.9 Å². The van der Waals surface area contributed by atoms with Gasteiger partial charge in [0.25, 0.3) is 5.91 Å². The maximum absolute atomic E-state index is 12.6. The molecule has 7 heteroatoms. The van der Waals surface area contributed by atoms with E-state index in [-0.39, 0.29) is 28.1 Å². The Kier molecular flexibility index (Phi) is 6.21. The summed E-state index contributed by atoms with van der Waals surface area (Å²) in [6.45, 7) is 2.17. The topological polar surface area (TPSA) is 76.4 Å². The molecule has 0 aliphatic carbocycles. The Labute approximate surface area is 169 Å². The summed E-state index contributed by atoms with van der Waals surface area (Å²) in [6, 6.07) is 17.2. The van der Waals surface area contributed by atoms with Crippen LogP contribution in [0.15, 0.2) is 70.0 Å². The number of carbonyl (C=O) groups is 1. The molecule has 1 amide bonds. The molecule has 2 aromatic carbocycles. The Morgan fingerprint density at radius 2 is 1.75 bits per heavy atom. The van der Waals surface area contributed by atoms with Crippen molar-refractivity contribution >= 4 is 27.3 Å². The molecule has 0 unspecified atom stereocenters. The Bertz CT molecular complexity index is 1070. The van der Waals surface area contributed by atoms with Gasteiger partial charge in [-0.25, -0.2) is 8.42 Å². The van der Waals surface area contributed by atoms with Crippen LogP contribution in [-0.4, -0.2) is 20.9 Å². The van der Waals surface area contributed by atoms with E-state index < -0.39 is 9.84 Å². The van der Waals surface area contributed by atoms with Gasteiger partial charge in [0.2, 0.25) is 0 Å². The summed E-state index contributed by atoms with van der Waals surface area (Å²) < 4.78 is 30.6. The lowest BCUT2D eigenvalue weighted by atomic mass is 10.1. The standard InChI is InChI=1S/C21H20ClNO4S/c1-15-4-2-3-5-20(15)28(25,26)14-18-10-11-19(27-18)21(24)23-13-12-16-6-8-17(22)9-7-16/h2-11H,12-14H2,1H3,(H,23,24). The number of nitrogens with one attached hydrogen (secondary N) is 1. The van der Waals surface area contributed by atoms with E-state index in [0.717, 1.165) is 5.56 Å². The zero-order valence-electron chi connectivity index (χ0n) is 15.3. The predicted molar refractivity (Wildman–Crippen MR) is 108 cm³/mol. The molecule has 1 N–H and O–H groups in total. The Morgan fingerprint density at radius 3 is 2.46 bits per heavy atom. The van der Waals surface area contributed by atoms with E-state index in [1.54, 1.807) is 43.3 Å². The zero-order valence-corrected chi connectivity index (χ0v) is 16.9. The molecular weight excluding hydrogens is 398 g/mol. The van der Waals surface area contributed by atoms with E-state index in [1.165, 1.54) is 12.1 Å². The fourth-order valence-electron chi connectivity index (χ4n) is 2.81. The minimum atomic E-state index is -3.55. The Hall–Kier alpha value is -2.57. The normalized spacial score (nSPS) is 11.4. The minimum absolute atomic E-state index is 0.0890. The summed E-state index contributed by atoms with van der Waals surface area (Å²) in [5.41, 5.74) is 1.73. The molecule has 5 nitrogen and oxygen atoms in total. The minimum Gasteiger partial charge on any atom is -0.455 e. The molecule has 0 spiro atoms. The molecule has 0 saturated heterocycles. The summed E-state index contributed by atoms with van der Waals surface area (Å²) in [4.78, 5) is 12.5. The van der Waals surface area contributed by atoms with Gasteiger partial charge >= 0.3 is 0 Å². The summed E-state index contributed by atoms with van der Waals surface area (Å²) in [5, 5.41) is 3.43. The van der Waals surface area contributed by atoms with Crippen molar-refractivity contribution in [2.45, 2.75) is 24.0 Å². The van der Waals surface area contributed by atoms with Crippen molar-refractivity contribution in [2.75, 3.05) is 6.54 Å². The third-order valence-corrected chi connectivity index (χ3v) is 6.30. The Morgan fingerprint density at radius 1 is 1.04 bits per heavy atom. The third-order valence-electron chi connectivity index (χ3n) is 4.26. The molecule has 0 fully saturated rings. The van der Waals surface area contributed by atoms with Crippen LogP contribution in [0.3, 0.4) is 0 Å². The van der Waals surface area contributed by atoms with Crippen LogP contribution >= 0.6 is 11.6 Å². The summed E-state index contributed by atoms with van der Waals surface area (Å²) in [7, 11) is -3.55. The largest absolute Gasteiger partial charge is 0.455 e. The maximum Gasteiger partial charge on any atom is 0.287 e. The van der Waals surface area contributed by atoms with Crippen molar-refractivity contribution in [2.24, 2.45) is 0 Å². The van der Waals surface area contributed by atoms with E-state index >= 15 is 0 Å². The number of halogens is 1. The molecule has 0 bridgehead atoms. The van der Waals surface area contributed by atoms with Crippen molar-refractivity contribution in [3.05, 3.63) is 88.3 Å². The number of benzene rings is 2. The first-order chi connectivity index (χ1) is 13.3. The van der Waals surface area contributed by atoms with Crippen LogP contribution in [0.5, 0.6) is 0 Å². The van der Waals surface area contributed by atoms with Crippen molar-refractivity contribution in [1.29, 1.82) is 0 Å². The van der Waals surface area contributed by atoms with E-state index in [0.29, 0.717) is 23.6 Å². The highest BCUT2D eigenvalue weighted by atomic mass is 35.5. The average molecular weight is 418 g/mol. The highest BCUT2D eigenvalue weighted by Crippen LogP contribution is 2.21. The molecule has 1 aromatic heterocycles. The monoisotopic (exact) mass is 417 g/mol. The molecule has 0 aliphatic heterocycles.